The molecular formula is C31H32Cl3N5O. The van der Waals surface area contributed by atoms with E-state index in [4.69, 9.17) is 39.5 Å². The van der Waals surface area contributed by atoms with E-state index in [1.807, 2.05) is 71.4 Å². The zero-order valence-electron chi connectivity index (χ0n) is 22.7. The smallest absolute Gasteiger partial charge is 0.177 e. The van der Waals surface area contributed by atoms with Crippen LogP contribution in [0.2, 0.25) is 15.1 Å². The molecule has 1 heterocycles. The van der Waals surface area contributed by atoms with E-state index in [1.54, 1.807) is 6.07 Å². The highest BCUT2D eigenvalue weighted by Gasteiger charge is 2.42. The minimum atomic E-state index is -0.392. The minimum Gasteiger partial charge on any atom is -0.457 e. The standard InChI is InChI=1S/C31H32Cl3N5O/c1-30(2,3)28(17-7-21-6-8-23(33)20-27(21)34)39-29(36-37-38-39)31(18-4-5-19-31)35-24-11-15-26(16-12-24)40-25-13-9-22(32)10-14-25/h6-17,20,28,35H,4-5,18-19H2,1-3H3/b17-7+/t28-/m1/s1. The van der Waals surface area contributed by atoms with Gasteiger partial charge in [0, 0.05) is 20.8 Å². The van der Waals surface area contributed by atoms with Gasteiger partial charge in [-0.2, -0.15) is 0 Å². The number of hydrogen-bond donors (Lipinski definition) is 1. The van der Waals surface area contributed by atoms with Crippen LogP contribution in [0.15, 0.2) is 72.8 Å². The van der Waals surface area contributed by atoms with Crippen LogP contribution < -0.4 is 10.1 Å². The van der Waals surface area contributed by atoms with Crippen LogP contribution in [-0.4, -0.2) is 20.2 Å². The van der Waals surface area contributed by atoms with Gasteiger partial charge in [0.1, 0.15) is 11.5 Å². The maximum atomic E-state index is 6.46. The van der Waals surface area contributed by atoms with Crippen molar-refractivity contribution in [1.29, 1.82) is 0 Å². The van der Waals surface area contributed by atoms with Gasteiger partial charge in [0.25, 0.3) is 0 Å². The summed E-state index contributed by atoms with van der Waals surface area (Å²) in [5.74, 6) is 2.31. The lowest BCUT2D eigenvalue weighted by Crippen LogP contribution is -2.38. The van der Waals surface area contributed by atoms with Gasteiger partial charge < -0.3 is 10.1 Å². The number of anilines is 1. The highest BCUT2D eigenvalue weighted by atomic mass is 35.5. The number of allylic oxidation sites excluding steroid dienone is 1. The maximum Gasteiger partial charge on any atom is 0.177 e. The van der Waals surface area contributed by atoms with E-state index in [0.29, 0.717) is 15.1 Å². The number of ether oxygens (including phenoxy) is 1. The van der Waals surface area contributed by atoms with Crippen molar-refractivity contribution in [3.63, 3.8) is 0 Å². The topological polar surface area (TPSA) is 64.9 Å². The highest BCUT2D eigenvalue weighted by molar-refractivity contribution is 6.35. The Balaban J connectivity index is 1.42. The minimum absolute atomic E-state index is 0.112. The lowest BCUT2D eigenvalue weighted by molar-refractivity contribution is 0.254. The number of nitrogens with zero attached hydrogens (tertiary/aromatic N) is 4. The van der Waals surface area contributed by atoms with Crippen molar-refractivity contribution < 1.29 is 4.74 Å². The average molecular weight is 597 g/mol. The Morgan fingerprint density at radius 1 is 0.900 bits per heavy atom. The molecule has 1 saturated carbocycles. The molecule has 0 bridgehead atoms. The summed E-state index contributed by atoms with van der Waals surface area (Å²) in [5.41, 5.74) is 1.32. The van der Waals surface area contributed by atoms with Gasteiger partial charge in [-0.25, -0.2) is 4.68 Å². The third-order valence-corrected chi connectivity index (χ3v) is 8.05. The molecule has 40 heavy (non-hydrogen) atoms. The number of aromatic nitrogens is 4. The summed E-state index contributed by atoms with van der Waals surface area (Å²) in [5, 5.41) is 18.9. The second-order valence-electron chi connectivity index (χ2n) is 11.3. The number of nitrogens with one attached hydrogen (secondary N) is 1. The van der Waals surface area contributed by atoms with Gasteiger partial charge >= 0.3 is 0 Å². The molecule has 0 spiro atoms. The Kier molecular flexibility index (Phi) is 8.41. The summed E-state index contributed by atoms with van der Waals surface area (Å²) >= 11 is 18.5. The SMILES string of the molecule is CC(C)(C)[C@@H](/C=C/c1ccc(Cl)cc1Cl)n1nnnc1C1(Nc2ccc(Oc3ccc(Cl)cc3)cc2)CCCC1. The number of rotatable bonds is 8. The van der Waals surface area contributed by atoms with Crippen molar-refractivity contribution in [3.05, 3.63) is 99.3 Å². The molecule has 1 atom stereocenters. The lowest BCUT2D eigenvalue weighted by Gasteiger charge is -2.35. The van der Waals surface area contributed by atoms with Crippen molar-refractivity contribution in [2.45, 2.75) is 58.0 Å². The first kappa shape index (κ1) is 28.5. The third kappa shape index (κ3) is 6.46. The average Bonchev–Trinajstić information content (AvgIpc) is 3.58. The molecule has 0 saturated heterocycles. The molecule has 5 rings (SSSR count). The second kappa shape index (κ2) is 11.8. The van der Waals surface area contributed by atoms with Crippen molar-refractivity contribution in [2.75, 3.05) is 5.32 Å². The van der Waals surface area contributed by atoms with Crippen LogP contribution in [0.5, 0.6) is 11.5 Å². The molecule has 1 aliphatic carbocycles. The first-order valence-electron chi connectivity index (χ1n) is 13.4. The van der Waals surface area contributed by atoms with E-state index in [-0.39, 0.29) is 11.5 Å². The molecule has 0 aliphatic heterocycles. The molecule has 4 aromatic rings. The van der Waals surface area contributed by atoms with E-state index in [0.717, 1.165) is 54.3 Å². The summed E-state index contributed by atoms with van der Waals surface area (Å²) in [4.78, 5) is 0. The highest BCUT2D eigenvalue weighted by Crippen LogP contribution is 2.43. The van der Waals surface area contributed by atoms with Crippen LogP contribution in [0.3, 0.4) is 0 Å². The first-order chi connectivity index (χ1) is 19.1. The molecule has 208 valence electrons. The Hall–Kier alpha value is -3.06. The summed E-state index contributed by atoms with van der Waals surface area (Å²) in [7, 11) is 0. The fraction of sp³-hybridized carbons (Fsp3) is 0.323. The maximum absolute atomic E-state index is 6.46. The van der Waals surface area contributed by atoms with E-state index in [1.165, 1.54) is 0 Å². The van der Waals surface area contributed by atoms with Crippen molar-refractivity contribution in [2.24, 2.45) is 5.41 Å². The molecule has 1 aliphatic rings. The summed E-state index contributed by atoms with van der Waals surface area (Å²) in [6.45, 7) is 6.56. The number of hydrogen-bond acceptors (Lipinski definition) is 5. The zero-order chi connectivity index (χ0) is 28.3. The predicted molar refractivity (Wildman–Crippen MR) is 164 cm³/mol. The van der Waals surface area contributed by atoms with E-state index in [9.17, 15) is 0 Å². The zero-order valence-corrected chi connectivity index (χ0v) is 25.0. The normalized spacial score (nSPS) is 15.8. The lowest BCUT2D eigenvalue weighted by atomic mass is 9.85. The van der Waals surface area contributed by atoms with Crippen LogP contribution in [0, 0.1) is 5.41 Å². The Morgan fingerprint density at radius 3 is 2.15 bits per heavy atom. The van der Waals surface area contributed by atoms with Gasteiger partial charge in [0.2, 0.25) is 0 Å². The Bertz CT molecular complexity index is 1470. The molecular weight excluding hydrogens is 565 g/mol. The van der Waals surface area contributed by atoms with Gasteiger partial charge in [0.05, 0.1) is 11.6 Å². The summed E-state index contributed by atoms with van der Waals surface area (Å²) in [6.07, 6.45) is 8.19. The van der Waals surface area contributed by atoms with Gasteiger partial charge in [-0.05, 0) is 94.9 Å². The van der Waals surface area contributed by atoms with Crippen molar-refractivity contribution in [1.82, 2.24) is 20.2 Å². The van der Waals surface area contributed by atoms with E-state index >= 15 is 0 Å². The van der Waals surface area contributed by atoms with Gasteiger partial charge in [0.15, 0.2) is 5.82 Å². The summed E-state index contributed by atoms with van der Waals surface area (Å²) < 4.78 is 7.94. The fourth-order valence-corrected chi connectivity index (χ4v) is 5.77. The van der Waals surface area contributed by atoms with Gasteiger partial charge in [-0.3, -0.25) is 0 Å². The quantitative estimate of drug-likeness (QED) is 0.219. The number of benzene rings is 3. The fourth-order valence-electron chi connectivity index (χ4n) is 5.17. The number of halogens is 3. The Labute approximate surface area is 250 Å². The van der Waals surface area contributed by atoms with Crippen LogP contribution in [0.25, 0.3) is 6.08 Å². The van der Waals surface area contributed by atoms with Gasteiger partial charge in [-0.15, -0.1) is 5.10 Å². The van der Waals surface area contributed by atoms with Crippen LogP contribution in [0.1, 0.15) is 63.9 Å². The van der Waals surface area contributed by atoms with Gasteiger partial charge in [-0.1, -0.05) is 86.6 Å². The van der Waals surface area contributed by atoms with Crippen molar-refractivity contribution >= 4 is 46.6 Å². The van der Waals surface area contributed by atoms with Crippen LogP contribution in [-0.2, 0) is 5.54 Å². The molecule has 1 N–H and O–H groups in total. The molecule has 9 heteroatoms. The molecule has 0 radical (unpaired) electrons. The molecule has 6 nitrogen and oxygen atoms in total. The molecule has 1 aromatic heterocycles. The second-order valence-corrected chi connectivity index (χ2v) is 12.6. The Morgan fingerprint density at radius 2 is 1.52 bits per heavy atom. The predicted octanol–water partition coefficient (Wildman–Crippen LogP) is 9.61. The van der Waals surface area contributed by atoms with E-state index in [2.05, 4.69) is 47.7 Å². The molecule has 0 amide bonds. The van der Waals surface area contributed by atoms with Crippen molar-refractivity contribution in [3.8, 4) is 11.5 Å². The number of tetrazole rings is 1. The molecule has 1 fully saturated rings. The third-order valence-electron chi connectivity index (χ3n) is 7.24. The van der Waals surface area contributed by atoms with E-state index < -0.39 is 5.54 Å². The molecule has 3 aromatic carbocycles. The monoisotopic (exact) mass is 595 g/mol. The van der Waals surface area contributed by atoms with Crippen LogP contribution >= 0.6 is 34.8 Å². The van der Waals surface area contributed by atoms with Crippen LogP contribution in [0.4, 0.5) is 5.69 Å². The largest absolute Gasteiger partial charge is 0.457 e. The summed E-state index contributed by atoms with van der Waals surface area (Å²) in [6, 6.07) is 20.7. The molecule has 0 unspecified atom stereocenters. The first-order valence-corrected chi connectivity index (χ1v) is 14.5.